The minimum absolute atomic E-state index is 0.390. The van der Waals surface area contributed by atoms with Crippen LogP contribution in [-0.4, -0.2) is 33.5 Å². The van der Waals surface area contributed by atoms with Crippen molar-refractivity contribution in [2.75, 3.05) is 11.9 Å². The van der Waals surface area contributed by atoms with Gasteiger partial charge in [0.05, 0.1) is 11.3 Å². The van der Waals surface area contributed by atoms with Crippen LogP contribution < -0.4 is 10.8 Å². The molecule has 4 fully saturated rings. The molecule has 5 nitrogen and oxygen atoms in total. The Morgan fingerprint density at radius 3 is 2.72 bits per heavy atom. The lowest BCUT2D eigenvalue weighted by atomic mass is 9.52. The summed E-state index contributed by atoms with van der Waals surface area (Å²) < 4.78 is 0. The average Bonchev–Trinajstić information content (AvgIpc) is 3.04. The van der Waals surface area contributed by atoms with E-state index in [9.17, 15) is 5.11 Å². The molecule has 0 radical (unpaired) electrons. The Labute approximate surface area is 148 Å². The lowest BCUT2D eigenvalue weighted by Gasteiger charge is -2.58. The summed E-state index contributed by atoms with van der Waals surface area (Å²) in [6.45, 7) is 0.526. The van der Waals surface area contributed by atoms with Gasteiger partial charge < -0.3 is 15.6 Å². The minimum Gasteiger partial charge on any atom is -0.390 e. The van der Waals surface area contributed by atoms with Crippen molar-refractivity contribution >= 4 is 11.8 Å². The number of hydroxylamine groups is 1. The van der Waals surface area contributed by atoms with Crippen LogP contribution in [0.15, 0.2) is 12.3 Å². The zero-order valence-corrected chi connectivity index (χ0v) is 14.5. The second-order valence-electron chi connectivity index (χ2n) is 8.65. The molecule has 2 atom stereocenters. The second kappa shape index (κ2) is 5.79. The molecule has 0 amide bonds. The van der Waals surface area contributed by atoms with Crippen molar-refractivity contribution in [3.8, 4) is 0 Å². The second-order valence-corrected chi connectivity index (χ2v) is 8.65. The van der Waals surface area contributed by atoms with E-state index in [-0.39, 0.29) is 0 Å². The van der Waals surface area contributed by atoms with Gasteiger partial charge in [-0.25, -0.2) is 5.48 Å². The number of aliphatic hydroxyl groups is 1. The third-order valence-corrected chi connectivity index (χ3v) is 6.93. The third-order valence-electron chi connectivity index (χ3n) is 6.93. The smallest absolute Gasteiger partial charge is 0.0657 e. The normalized spacial score (nSPS) is 37.5. The molecule has 25 heavy (non-hydrogen) atoms. The van der Waals surface area contributed by atoms with E-state index >= 15 is 0 Å². The largest absolute Gasteiger partial charge is 0.390 e. The van der Waals surface area contributed by atoms with Crippen molar-refractivity contribution in [1.82, 2.24) is 10.5 Å². The molecule has 0 aliphatic heterocycles. The van der Waals surface area contributed by atoms with Crippen LogP contribution in [0.5, 0.6) is 0 Å². The quantitative estimate of drug-likeness (QED) is 0.619. The fourth-order valence-corrected chi connectivity index (χ4v) is 6.17. The van der Waals surface area contributed by atoms with Crippen molar-refractivity contribution in [3.05, 3.63) is 29.1 Å². The summed E-state index contributed by atoms with van der Waals surface area (Å²) in [5.74, 6) is 1.88. The number of hydrogen-bond acceptors (Lipinski definition) is 5. The van der Waals surface area contributed by atoms with E-state index in [1.165, 1.54) is 29.7 Å². The molecule has 4 N–H and O–H groups in total. The van der Waals surface area contributed by atoms with Gasteiger partial charge in [0.15, 0.2) is 0 Å². The Morgan fingerprint density at radius 2 is 2.00 bits per heavy atom. The van der Waals surface area contributed by atoms with Crippen LogP contribution in [-0.2, 0) is 12.8 Å². The van der Waals surface area contributed by atoms with Gasteiger partial charge in [-0.3, -0.25) is 4.98 Å². The lowest BCUT2D eigenvalue weighted by molar-refractivity contribution is -0.129. The molecule has 0 aromatic carbocycles. The Bertz CT molecular complexity index is 701. The van der Waals surface area contributed by atoms with E-state index in [1.54, 1.807) is 0 Å². The number of nitrogens with zero attached hydrogens (tertiary/aromatic N) is 1. The van der Waals surface area contributed by atoms with Gasteiger partial charge in [-0.1, -0.05) is 12.2 Å². The molecule has 0 spiro atoms. The van der Waals surface area contributed by atoms with Crippen LogP contribution >= 0.6 is 0 Å². The highest BCUT2D eigenvalue weighted by Gasteiger charge is 2.54. The monoisotopic (exact) mass is 341 g/mol. The average molecular weight is 341 g/mol. The highest BCUT2D eigenvalue weighted by molar-refractivity contribution is 5.74. The topological polar surface area (TPSA) is 77.4 Å². The SMILES string of the molecule is ONCCc1cnc2c(c1NC1C3CC4CC1CC(O)(C4)C3)C=CC2. The predicted molar refractivity (Wildman–Crippen MR) is 96.4 cm³/mol. The van der Waals surface area contributed by atoms with Gasteiger partial charge >= 0.3 is 0 Å². The summed E-state index contributed by atoms with van der Waals surface area (Å²) in [6.07, 6.45) is 13.4. The van der Waals surface area contributed by atoms with Crippen molar-refractivity contribution in [3.63, 3.8) is 0 Å². The fraction of sp³-hybridized carbons (Fsp3) is 0.650. The first kappa shape index (κ1) is 15.8. The molecular formula is C20H27N3O2. The standard InChI is InChI=1S/C20H27N3O2/c24-20-8-12-6-14(9-20)18(15(7-12)10-20)23-19-13(4-5-22-25)11-21-17-3-1-2-16(17)19/h1-2,11-12,14-15,18,22,24-25H,3-10H2,(H,21,23). The number of pyridine rings is 1. The maximum absolute atomic E-state index is 10.8. The summed E-state index contributed by atoms with van der Waals surface area (Å²) in [7, 11) is 0. The van der Waals surface area contributed by atoms with Crippen LogP contribution in [0, 0.1) is 17.8 Å². The molecule has 5 aliphatic carbocycles. The molecule has 4 bridgehead atoms. The molecule has 1 heterocycles. The van der Waals surface area contributed by atoms with Gasteiger partial charge in [-0.2, -0.15) is 0 Å². The molecule has 6 rings (SSSR count). The fourth-order valence-electron chi connectivity index (χ4n) is 6.17. The minimum atomic E-state index is -0.390. The number of aromatic nitrogens is 1. The Morgan fingerprint density at radius 1 is 1.20 bits per heavy atom. The van der Waals surface area contributed by atoms with Gasteiger partial charge in [0.25, 0.3) is 0 Å². The van der Waals surface area contributed by atoms with Crippen molar-refractivity contribution in [2.45, 2.75) is 56.6 Å². The number of fused-ring (bicyclic) bond motifs is 1. The molecule has 2 unspecified atom stereocenters. The zero-order chi connectivity index (χ0) is 17.0. The zero-order valence-electron chi connectivity index (χ0n) is 14.5. The third kappa shape index (κ3) is 2.60. The predicted octanol–water partition coefficient (Wildman–Crippen LogP) is 2.52. The van der Waals surface area contributed by atoms with Crippen molar-refractivity contribution in [2.24, 2.45) is 17.8 Å². The maximum Gasteiger partial charge on any atom is 0.0657 e. The van der Waals surface area contributed by atoms with Crippen molar-refractivity contribution in [1.29, 1.82) is 0 Å². The molecule has 5 aliphatic rings. The summed E-state index contributed by atoms with van der Waals surface area (Å²) in [5, 5.41) is 23.7. The van der Waals surface area contributed by atoms with E-state index in [0.29, 0.717) is 24.4 Å². The van der Waals surface area contributed by atoms with Crippen molar-refractivity contribution < 1.29 is 10.3 Å². The molecule has 134 valence electrons. The summed E-state index contributed by atoms with van der Waals surface area (Å²) in [4.78, 5) is 4.62. The Balaban J connectivity index is 1.46. The van der Waals surface area contributed by atoms with Crippen LogP contribution in [0.4, 0.5) is 5.69 Å². The lowest BCUT2D eigenvalue weighted by Crippen LogP contribution is -2.59. The van der Waals surface area contributed by atoms with Crippen LogP contribution in [0.25, 0.3) is 6.08 Å². The van der Waals surface area contributed by atoms with Crippen LogP contribution in [0.3, 0.4) is 0 Å². The molecule has 1 aromatic rings. The summed E-state index contributed by atoms with van der Waals surface area (Å²) in [6, 6.07) is 0.457. The van der Waals surface area contributed by atoms with Gasteiger partial charge in [0.1, 0.15) is 0 Å². The number of rotatable bonds is 5. The van der Waals surface area contributed by atoms with Crippen LogP contribution in [0.2, 0.25) is 0 Å². The first-order chi connectivity index (χ1) is 12.1. The Hall–Kier alpha value is -1.43. The van der Waals surface area contributed by atoms with Gasteiger partial charge in [-0.05, 0) is 61.8 Å². The summed E-state index contributed by atoms with van der Waals surface area (Å²) >= 11 is 0. The molecule has 0 saturated heterocycles. The van der Waals surface area contributed by atoms with E-state index in [4.69, 9.17) is 5.21 Å². The van der Waals surface area contributed by atoms with Gasteiger partial charge in [0, 0.05) is 36.5 Å². The first-order valence-corrected chi connectivity index (χ1v) is 9.68. The highest BCUT2D eigenvalue weighted by atomic mass is 16.5. The van der Waals surface area contributed by atoms with Gasteiger partial charge in [0.2, 0.25) is 0 Å². The van der Waals surface area contributed by atoms with Gasteiger partial charge in [-0.15, -0.1) is 0 Å². The number of anilines is 1. The van der Waals surface area contributed by atoms with E-state index < -0.39 is 5.60 Å². The molecule has 4 saturated carbocycles. The Kier molecular flexibility index (Phi) is 3.66. The number of allylic oxidation sites excluding steroid dienone is 1. The van der Waals surface area contributed by atoms with Crippen LogP contribution in [0.1, 0.15) is 48.9 Å². The maximum atomic E-state index is 10.8. The molecular weight excluding hydrogens is 314 g/mol. The first-order valence-electron chi connectivity index (χ1n) is 9.68. The highest BCUT2D eigenvalue weighted by Crippen LogP contribution is 2.56. The number of hydrogen-bond donors (Lipinski definition) is 4. The molecule has 1 aromatic heterocycles. The summed E-state index contributed by atoms with van der Waals surface area (Å²) in [5.41, 5.74) is 6.62. The van der Waals surface area contributed by atoms with E-state index in [1.807, 2.05) is 6.20 Å². The van der Waals surface area contributed by atoms with E-state index in [2.05, 4.69) is 27.9 Å². The molecule has 5 heteroatoms. The van der Waals surface area contributed by atoms with E-state index in [0.717, 1.165) is 43.7 Å². The number of nitrogens with one attached hydrogen (secondary N) is 2.